The van der Waals surface area contributed by atoms with Gasteiger partial charge in [-0.1, -0.05) is 61.4 Å². The molecule has 0 saturated heterocycles. The number of rotatable bonds is 4. The molecule has 2 aliphatic rings. The van der Waals surface area contributed by atoms with Gasteiger partial charge >= 0.3 is 0 Å². The van der Waals surface area contributed by atoms with Crippen LogP contribution in [0.3, 0.4) is 0 Å². The Morgan fingerprint density at radius 2 is 1.08 bits per heavy atom. The van der Waals surface area contributed by atoms with E-state index >= 15 is 0 Å². The first kappa shape index (κ1) is 17.3. The van der Waals surface area contributed by atoms with Crippen LogP contribution in [-0.4, -0.2) is 11.3 Å². The third kappa shape index (κ3) is 4.01. The monoisotopic (exact) mass is 351 g/mol. The summed E-state index contributed by atoms with van der Waals surface area (Å²) in [7, 11) is -0.500. The molecule has 0 radical (unpaired) electrons. The molecule has 2 saturated carbocycles. The molecule has 0 unspecified atom stereocenters. The first-order valence-corrected chi connectivity index (χ1v) is 12.1. The Morgan fingerprint density at radius 3 is 1.68 bits per heavy atom. The minimum atomic E-state index is -0.500. The lowest BCUT2D eigenvalue weighted by Crippen LogP contribution is -2.27. The van der Waals surface area contributed by atoms with Gasteiger partial charge in [0.25, 0.3) is 0 Å². The van der Waals surface area contributed by atoms with Crippen molar-refractivity contribution in [2.75, 3.05) is 0 Å². The summed E-state index contributed by atoms with van der Waals surface area (Å²) >= 11 is 0. The standard InChI is InChI=1S/C24H31P/c1-4-12-20(13-5-1)23-18-10-11-19-24(23)25(21-14-6-2-7-15-21)22-16-8-3-9-17-22/h1,4-5,10-13,18-19,21-22H,2-3,6-9,14-17H2/p+1. The van der Waals surface area contributed by atoms with Crippen LogP contribution in [0.15, 0.2) is 54.6 Å². The van der Waals surface area contributed by atoms with Crippen LogP contribution < -0.4 is 5.30 Å². The van der Waals surface area contributed by atoms with Gasteiger partial charge in [-0.2, -0.15) is 0 Å². The van der Waals surface area contributed by atoms with Crippen molar-refractivity contribution in [3.05, 3.63) is 54.6 Å². The van der Waals surface area contributed by atoms with E-state index in [2.05, 4.69) is 54.6 Å². The van der Waals surface area contributed by atoms with E-state index in [1.807, 2.05) is 0 Å². The fourth-order valence-corrected chi connectivity index (χ4v) is 9.64. The Kier molecular flexibility index (Phi) is 5.88. The maximum Gasteiger partial charge on any atom is 0.0998 e. The van der Waals surface area contributed by atoms with E-state index in [9.17, 15) is 0 Å². The average Bonchev–Trinajstić information content (AvgIpc) is 2.71. The molecule has 0 aliphatic heterocycles. The highest BCUT2D eigenvalue weighted by Gasteiger charge is 2.40. The molecule has 132 valence electrons. The van der Waals surface area contributed by atoms with Crippen molar-refractivity contribution >= 4 is 13.2 Å². The molecular formula is C24H32P+. The molecule has 0 atom stereocenters. The fraction of sp³-hybridized carbons (Fsp3) is 0.500. The molecule has 2 aliphatic carbocycles. The van der Waals surface area contributed by atoms with E-state index in [1.165, 1.54) is 75.3 Å². The molecule has 2 aromatic carbocycles. The molecule has 0 nitrogen and oxygen atoms in total. The molecule has 1 heteroatoms. The SMILES string of the molecule is c1ccc(-c2ccccc2[PH+](C2CCCCC2)C2CCCCC2)cc1. The quantitative estimate of drug-likeness (QED) is 0.528. The summed E-state index contributed by atoms with van der Waals surface area (Å²) in [5, 5.41) is 1.75. The highest BCUT2D eigenvalue weighted by molar-refractivity contribution is 7.67. The zero-order valence-corrected chi connectivity index (χ0v) is 16.4. The Hall–Kier alpha value is -1.13. The van der Waals surface area contributed by atoms with Gasteiger partial charge in [-0.05, 0) is 63.0 Å². The van der Waals surface area contributed by atoms with E-state index in [4.69, 9.17) is 0 Å². The second-order valence-electron chi connectivity index (χ2n) is 8.04. The van der Waals surface area contributed by atoms with Gasteiger partial charge in [0.2, 0.25) is 0 Å². The highest BCUT2D eigenvalue weighted by atomic mass is 31.1. The smallest absolute Gasteiger partial charge is 0.0622 e. The summed E-state index contributed by atoms with van der Waals surface area (Å²) in [4.78, 5) is 0. The van der Waals surface area contributed by atoms with Crippen LogP contribution >= 0.6 is 7.92 Å². The van der Waals surface area contributed by atoms with Crippen molar-refractivity contribution in [1.82, 2.24) is 0 Å². The van der Waals surface area contributed by atoms with Gasteiger partial charge in [0.1, 0.15) is 0 Å². The number of hydrogen-bond acceptors (Lipinski definition) is 0. The highest BCUT2D eigenvalue weighted by Crippen LogP contribution is 2.56. The summed E-state index contributed by atoms with van der Waals surface area (Å²) in [5.41, 5.74) is 4.97. The predicted molar refractivity (Wildman–Crippen MR) is 114 cm³/mol. The van der Waals surface area contributed by atoms with Crippen molar-refractivity contribution in [2.45, 2.75) is 75.5 Å². The first-order valence-electron chi connectivity index (χ1n) is 10.4. The van der Waals surface area contributed by atoms with E-state index in [-0.39, 0.29) is 0 Å². The molecule has 25 heavy (non-hydrogen) atoms. The summed E-state index contributed by atoms with van der Waals surface area (Å²) < 4.78 is 0. The third-order valence-corrected chi connectivity index (χ3v) is 10.4. The van der Waals surface area contributed by atoms with Crippen molar-refractivity contribution in [2.24, 2.45) is 0 Å². The topological polar surface area (TPSA) is 0 Å². The maximum atomic E-state index is 2.50. The van der Waals surface area contributed by atoms with Crippen LogP contribution in [0.5, 0.6) is 0 Å². The van der Waals surface area contributed by atoms with Gasteiger partial charge < -0.3 is 0 Å². The van der Waals surface area contributed by atoms with Crippen molar-refractivity contribution in [1.29, 1.82) is 0 Å². The van der Waals surface area contributed by atoms with Gasteiger partial charge in [-0.3, -0.25) is 0 Å². The van der Waals surface area contributed by atoms with Gasteiger partial charge in [-0.15, -0.1) is 0 Å². The Balaban J connectivity index is 1.74. The van der Waals surface area contributed by atoms with Crippen LogP contribution in [0.25, 0.3) is 11.1 Å². The second kappa shape index (κ2) is 8.50. The molecule has 0 bridgehead atoms. The van der Waals surface area contributed by atoms with Crippen LogP contribution in [-0.2, 0) is 0 Å². The van der Waals surface area contributed by atoms with E-state index in [0.717, 1.165) is 11.3 Å². The second-order valence-corrected chi connectivity index (χ2v) is 11.1. The molecule has 0 amide bonds. The molecule has 2 aromatic rings. The normalized spacial score (nSPS) is 20.0. The molecule has 0 aromatic heterocycles. The third-order valence-electron chi connectivity index (χ3n) is 6.41. The molecule has 0 N–H and O–H groups in total. The van der Waals surface area contributed by atoms with Crippen molar-refractivity contribution < 1.29 is 0 Å². The largest absolute Gasteiger partial charge is 0.0998 e. The Labute approximate surface area is 154 Å². The molecule has 2 fully saturated rings. The van der Waals surface area contributed by atoms with E-state index in [0.29, 0.717) is 0 Å². The number of benzene rings is 2. The summed E-state index contributed by atoms with van der Waals surface area (Å²) in [6, 6.07) is 20.6. The van der Waals surface area contributed by atoms with Crippen LogP contribution in [0.1, 0.15) is 64.2 Å². The first-order chi connectivity index (χ1) is 12.4. The van der Waals surface area contributed by atoms with Gasteiger partial charge in [0.15, 0.2) is 0 Å². The minimum absolute atomic E-state index is 0.500. The lowest BCUT2D eigenvalue weighted by Gasteiger charge is -2.33. The van der Waals surface area contributed by atoms with Gasteiger partial charge in [-0.25, -0.2) is 0 Å². The van der Waals surface area contributed by atoms with Gasteiger partial charge in [0, 0.05) is 13.5 Å². The average molecular weight is 351 g/mol. The fourth-order valence-electron chi connectivity index (χ4n) is 5.20. The van der Waals surface area contributed by atoms with E-state index in [1.54, 1.807) is 5.30 Å². The van der Waals surface area contributed by atoms with Gasteiger partial charge in [0.05, 0.1) is 16.6 Å². The Morgan fingerprint density at radius 1 is 0.560 bits per heavy atom. The van der Waals surface area contributed by atoms with Crippen LogP contribution in [0.2, 0.25) is 0 Å². The molecule has 4 rings (SSSR count). The molecule has 0 spiro atoms. The zero-order valence-electron chi connectivity index (χ0n) is 15.4. The van der Waals surface area contributed by atoms with Crippen molar-refractivity contribution in [3.8, 4) is 11.1 Å². The predicted octanol–water partition coefficient (Wildman–Crippen LogP) is 6.86. The van der Waals surface area contributed by atoms with Crippen molar-refractivity contribution in [3.63, 3.8) is 0 Å². The lowest BCUT2D eigenvalue weighted by molar-refractivity contribution is 0.487. The number of hydrogen-bond donors (Lipinski definition) is 0. The minimum Gasteiger partial charge on any atom is -0.0622 e. The van der Waals surface area contributed by atoms with E-state index < -0.39 is 7.92 Å². The summed E-state index contributed by atoms with van der Waals surface area (Å²) in [6.45, 7) is 0. The summed E-state index contributed by atoms with van der Waals surface area (Å²) in [5.74, 6) is 0. The zero-order chi connectivity index (χ0) is 16.9. The maximum absolute atomic E-state index is 2.50. The molecule has 0 heterocycles. The summed E-state index contributed by atoms with van der Waals surface area (Å²) in [6.07, 6.45) is 14.8. The van der Waals surface area contributed by atoms with Crippen LogP contribution in [0.4, 0.5) is 0 Å². The molecular weight excluding hydrogens is 319 g/mol. The van der Waals surface area contributed by atoms with Crippen LogP contribution in [0, 0.1) is 0 Å². The Bertz CT molecular complexity index is 633. The lowest BCUT2D eigenvalue weighted by atomic mass is 9.99.